The Morgan fingerprint density at radius 3 is 3.00 bits per heavy atom. The van der Waals surface area contributed by atoms with Gasteiger partial charge in [0.05, 0.1) is 12.3 Å². The summed E-state index contributed by atoms with van der Waals surface area (Å²) in [4.78, 5) is 11.6. The number of aromatic nitrogens is 2. The largest absolute Gasteiger partial charge is 0.310 e. The molecule has 0 fully saturated rings. The molecule has 1 aromatic heterocycles. The molecule has 15 heavy (non-hydrogen) atoms. The number of hydrogen-bond acceptors (Lipinski definition) is 3. The normalized spacial score (nSPS) is 11.8. The van der Waals surface area contributed by atoms with E-state index in [9.17, 15) is 4.79 Å². The lowest BCUT2D eigenvalue weighted by Gasteiger charge is -2.08. The van der Waals surface area contributed by atoms with E-state index in [0.717, 1.165) is 6.42 Å². The summed E-state index contributed by atoms with van der Waals surface area (Å²) in [5.74, 6) is -0.232. The molecular formula is C10H14N4O. The van der Waals surface area contributed by atoms with E-state index in [1.54, 1.807) is 24.0 Å². The van der Waals surface area contributed by atoms with Crippen LogP contribution < -0.4 is 5.32 Å². The molecule has 1 aromatic rings. The third-order valence-corrected chi connectivity index (χ3v) is 2.12. The van der Waals surface area contributed by atoms with Gasteiger partial charge < -0.3 is 5.32 Å². The predicted molar refractivity (Wildman–Crippen MR) is 55.8 cm³/mol. The van der Waals surface area contributed by atoms with E-state index in [-0.39, 0.29) is 5.91 Å². The maximum Gasteiger partial charge on any atom is 0.242 e. The number of rotatable bonds is 4. The van der Waals surface area contributed by atoms with E-state index in [1.807, 2.05) is 13.0 Å². The highest BCUT2D eigenvalue weighted by Gasteiger charge is 2.17. The van der Waals surface area contributed by atoms with Crippen LogP contribution in [0, 0.1) is 17.2 Å². The van der Waals surface area contributed by atoms with E-state index >= 15 is 0 Å². The zero-order valence-corrected chi connectivity index (χ0v) is 8.90. The van der Waals surface area contributed by atoms with E-state index in [0.29, 0.717) is 12.2 Å². The van der Waals surface area contributed by atoms with Crippen LogP contribution in [0.2, 0.25) is 0 Å². The second kappa shape index (κ2) is 5.15. The number of nitrogens with zero attached hydrogens (tertiary/aromatic N) is 3. The van der Waals surface area contributed by atoms with Crippen LogP contribution in [0.15, 0.2) is 12.3 Å². The van der Waals surface area contributed by atoms with Gasteiger partial charge in [0.25, 0.3) is 0 Å². The standard InChI is InChI=1S/C10H14N4O/c1-3-4-8(7-11)10(15)13-9-5-6-12-14(9)2/h5-6,8H,3-4H2,1-2H3,(H,13,15). The summed E-state index contributed by atoms with van der Waals surface area (Å²) in [7, 11) is 1.73. The number of aryl methyl sites for hydroxylation is 1. The maximum atomic E-state index is 11.6. The van der Waals surface area contributed by atoms with Crippen molar-refractivity contribution in [3.63, 3.8) is 0 Å². The van der Waals surface area contributed by atoms with Gasteiger partial charge in [-0.15, -0.1) is 0 Å². The lowest BCUT2D eigenvalue weighted by Crippen LogP contribution is -2.22. The Kier molecular flexibility index (Phi) is 3.86. The van der Waals surface area contributed by atoms with Gasteiger partial charge in [-0.1, -0.05) is 13.3 Å². The van der Waals surface area contributed by atoms with Crippen LogP contribution in [0.1, 0.15) is 19.8 Å². The number of carbonyl (C=O) groups is 1. The average Bonchev–Trinajstić information content (AvgIpc) is 2.60. The molecule has 1 atom stereocenters. The zero-order valence-electron chi connectivity index (χ0n) is 8.90. The number of nitriles is 1. The third kappa shape index (κ3) is 2.81. The lowest BCUT2D eigenvalue weighted by molar-refractivity contribution is -0.118. The first-order chi connectivity index (χ1) is 7.19. The van der Waals surface area contributed by atoms with Gasteiger partial charge in [-0.05, 0) is 6.42 Å². The molecule has 5 heteroatoms. The molecule has 1 N–H and O–H groups in total. The fraction of sp³-hybridized carbons (Fsp3) is 0.500. The Balaban J connectivity index is 2.63. The molecule has 80 valence electrons. The van der Waals surface area contributed by atoms with Crippen molar-refractivity contribution in [1.29, 1.82) is 5.26 Å². The molecule has 0 aliphatic carbocycles. The van der Waals surface area contributed by atoms with Crippen molar-refractivity contribution in [1.82, 2.24) is 9.78 Å². The van der Waals surface area contributed by atoms with Crippen molar-refractivity contribution < 1.29 is 4.79 Å². The highest BCUT2D eigenvalue weighted by molar-refractivity contribution is 5.93. The van der Waals surface area contributed by atoms with Crippen LogP contribution in [0.4, 0.5) is 5.82 Å². The first-order valence-electron chi connectivity index (χ1n) is 4.87. The van der Waals surface area contributed by atoms with Gasteiger partial charge in [0.2, 0.25) is 5.91 Å². The smallest absolute Gasteiger partial charge is 0.242 e. The summed E-state index contributed by atoms with van der Waals surface area (Å²) in [6.07, 6.45) is 2.99. The number of nitrogens with one attached hydrogen (secondary N) is 1. The van der Waals surface area contributed by atoms with Gasteiger partial charge >= 0.3 is 0 Å². The van der Waals surface area contributed by atoms with Crippen molar-refractivity contribution in [3.05, 3.63) is 12.3 Å². The lowest BCUT2D eigenvalue weighted by atomic mass is 10.1. The molecule has 1 amide bonds. The minimum absolute atomic E-state index is 0.261. The van der Waals surface area contributed by atoms with E-state index < -0.39 is 5.92 Å². The first-order valence-corrected chi connectivity index (χ1v) is 4.87. The molecular weight excluding hydrogens is 192 g/mol. The molecule has 0 bridgehead atoms. The van der Waals surface area contributed by atoms with Crippen molar-refractivity contribution >= 4 is 11.7 Å². The molecule has 1 heterocycles. The topological polar surface area (TPSA) is 70.7 Å². The molecule has 0 saturated carbocycles. The minimum Gasteiger partial charge on any atom is -0.310 e. The number of carbonyl (C=O) groups excluding carboxylic acids is 1. The van der Waals surface area contributed by atoms with Crippen molar-refractivity contribution in [2.24, 2.45) is 13.0 Å². The molecule has 1 rings (SSSR count). The summed E-state index contributed by atoms with van der Waals surface area (Å²) in [5.41, 5.74) is 0. The summed E-state index contributed by atoms with van der Waals surface area (Å²) in [6.45, 7) is 1.95. The Hall–Kier alpha value is -1.83. The van der Waals surface area contributed by atoms with E-state index in [2.05, 4.69) is 10.4 Å². The molecule has 0 saturated heterocycles. The second-order valence-electron chi connectivity index (χ2n) is 3.30. The Morgan fingerprint density at radius 1 is 1.80 bits per heavy atom. The Bertz CT molecular complexity index is 377. The second-order valence-corrected chi connectivity index (χ2v) is 3.30. The predicted octanol–water partition coefficient (Wildman–Crippen LogP) is 1.30. The average molecular weight is 206 g/mol. The molecule has 5 nitrogen and oxygen atoms in total. The summed E-state index contributed by atoms with van der Waals surface area (Å²) in [6, 6.07) is 3.69. The molecule has 1 unspecified atom stereocenters. The fourth-order valence-corrected chi connectivity index (χ4v) is 1.25. The van der Waals surface area contributed by atoms with Gasteiger partial charge in [-0.3, -0.25) is 9.48 Å². The molecule has 0 aliphatic rings. The van der Waals surface area contributed by atoms with E-state index in [1.165, 1.54) is 0 Å². The minimum atomic E-state index is -0.579. The highest BCUT2D eigenvalue weighted by Crippen LogP contribution is 2.10. The number of anilines is 1. The number of hydrogen-bond donors (Lipinski definition) is 1. The summed E-state index contributed by atoms with van der Waals surface area (Å²) < 4.78 is 1.55. The SMILES string of the molecule is CCCC(C#N)C(=O)Nc1ccnn1C. The fourth-order valence-electron chi connectivity index (χ4n) is 1.25. The Labute approximate surface area is 88.7 Å². The summed E-state index contributed by atoms with van der Waals surface area (Å²) in [5, 5.41) is 15.4. The monoisotopic (exact) mass is 206 g/mol. The quantitative estimate of drug-likeness (QED) is 0.807. The third-order valence-electron chi connectivity index (χ3n) is 2.12. The van der Waals surface area contributed by atoms with Gasteiger partial charge in [-0.25, -0.2) is 0 Å². The van der Waals surface area contributed by atoms with Gasteiger partial charge in [0.15, 0.2) is 0 Å². The zero-order chi connectivity index (χ0) is 11.3. The van der Waals surface area contributed by atoms with Crippen LogP contribution in [-0.2, 0) is 11.8 Å². The van der Waals surface area contributed by atoms with E-state index in [4.69, 9.17) is 5.26 Å². The van der Waals surface area contributed by atoms with Crippen LogP contribution in [-0.4, -0.2) is 15.7 Å². The van der Waals surface area contributed by atoms with Crippen LogP contribution >= 0.6 is 0 Å². The molecule has 0 radical (unpaired) electrons. The Morgan fingerprint density at radius 2 is 2.53 bits per heavy atom. The number of amides is 1. The van der Waals surface area contributed by atoms with Gasteiger partial charge in [-0.2, -0.15) is 10.4 Å². The van der Waals surface area contributed by atoms with Crippen molar-refractivity contribution in [2.75, 3.05) is 5.32 Å². The maximum absolute atomic E-state index is 11.6. The van der Waals surface area contributed by atoms with Crippen LogP contribution in [0.25, 0.3) is 0 Å². The molecule has 0 spiro atoms. The first kappa shape index (κ1) is 11.2. The van der Waals surface area contributed by atoms with Crippen molar-refractivity contribution in [3.8, 4) is 6.07 Å². The van der Waals surface area contributed by atoms with Crippen molar-refractivity contribution in [2.45, 2.75) is 19.8 Å². The van der Waals surface area contributed by atoms with Crippen LogP contribution in [0.3, 0.4) is 0 Å². The van der Waals surface area contributed by atoms with Gasteiger partial charge in [0.1, 0.15) is 11.7 Å². The van der Waals surface area contributed by atoms with Crippen LogP contribution in [0.5, 0.6) is 0 Å². The summed E-state index contributed by atoms with van der Waals surface area (Å²) >= 11 is 0. The molecule has 0 aliphatic heterocycles. The highest BCUT2D eigenvalue weighted by atomic mass is 16.2. The molecule has 0 aromatic carbocycles. The van der Waals surface area contributed by atoms with Gasteiger partial charge in [0, 0.05) is 13.1 Å².